The molecule has 5 heteroatoms. The SMILES string of the molecule is CC.CCC.CCc1ccc(-n2ccc(OCCC(C3CC3)C3CC3)n2)nc1F. The highest BCUT2D eigenvalue weighted by Crippen LogP contribution is 2.50. The molecule has 0 saturated heterocycles. The Labute approximate surface area is 175 Å². The van der Waals surface area contributed by atoms with Gasteiger partial charge >= 0.3 is 0 Å². The third kappa shape index (κ3) is 7.13. The standard InChI is InChI=1S/C19H24FN3O.C3H8.C2H6/c1-2-13-7-8-17(21-19(13)20)23-11-9-18(22-23)24-12-10-16(14-3-4-14)15-5-6-15;1-3-2;1-2/h7-9,11,14-16H,2-6,10,12H2,1H3;3H2,1-2H3;1-2H3. The van der Waals surface area contributed by atoms with Gasteiger partial charge in [-0.15, -0.1) is 5.10 Å². The van der Waals surface area contributed by atoms with Gasteiger partial charge in [0.05, 0.1) is 6.61 Å². The van der Waals surface area contributed by atoms with E-state index in [0.717, 1.165) is 24.2 Å². The molecule has 4 rings (SSSR count). The second kappa shape index (κ2) is 11.9. The highest BCUT2D eigenvalue weighted by molar-refractivity contribution is 5.26. The molecule has 0 amide bonds. The summed E-state index contributed by atoms with van der Waals surface area (Å²) in [6, 6.07) is 5.36. The van der Waals surface area contributed by atoms with Gasteiger partial charge in [0.1, 0.15) is 0 Å². The lowest BCUT2D eigenvalue weighted by Gasteiger charge is -2.14. The van der Waals surface area contributed by atoms with Crippen LogP contribution in [0.1, 0.15) is 78.7 Å². The summed E-state index contributed by atoms with van der Waals surface area (Å²) in [5.74, 6) is 3.38. The van der Waals surface area contributed by atoms with E-state index < -0.39 is 5.95 Å². The molecule has 4 nitrogen and oxygen atoms in total. The maximum absolute atomic E-state index is 13.8. The number of pyridine rings is 1. The molecular weight excluding hydrogens is 365 g/mol. The molecule has 2 aliphatic rings. The van der Waals surface area contributed by atoms with Crippen LogP contribution in [0, 0.1) is 23.7 Å². The summed E-state index contributed by atoms with van der Waals surface area (Å²) >= 11 is 0. The summed E-state index contributed by atoms with van der Waals surface area (Å²) in [6.45, 7) is 10.9. The summed E-state index contributed by atoms with van der Waals surface area (Å²) in [7, 11) is 0. The maximum Gasteiger partial charge on any atom is 0.233 e. The normalized spacial score (nSPS) is 15.3. The topological polar surface area (TPSA) is 39.9 Å². The molecule has 0 aromatic carbocycles. The average molecular weight is 404 g/mol. The molecule has 162 valence electrons. The molecule has 0 N–H and O–H groups in total. The van der Waals surface area contributed by atoms with Crippen LogP contribution >= 0.6 is 0 Å². The van der Waals surface area contributed by atoms with Crippen LogP contribution in [0.15, 0.2) is 24.4 Å². The van der Waals surface area contributed by atoms with E-state index in [1.54, 1.807) is 23.0 Å². The Morgan fingerprint density at radius 3 is 2.21 bits per heavy atom. The van der Waals surface area contributed by atoms with Gasteiger partial charge in [-0.2, -0.15) is 9.37 Å². The number of ether oxygens (including phenoxy) is 1. The van der Waals surface area contributed by atoms with E-state index in [4.69, 9.17) is 4.74 Å². The summed E-state index contributed by atoms with van der Waals surface area (Å²) in [5, 5.41) is 4.36. The lowest BCUT2D eigenvalue weighted by molar-refractivity contribution is 0.243. The van der Waals surface area contributed by atoms with Gasteiger partial charge in [0, 0.05) is 17.8 Å². The highest BCUT2D eigenvalue weighted by atomic mass is 19.1. The first-order valence-electron chi connectivity index (χ1n) is 11.5. The van der Waals surface area contributed by atoms with Crippen molar-refractivity contribution in [1.82, 2.24) is 14.8 Å². The van der Waals surface area contributed by atoms with Crippen molar-refractivity contribution in [3.8, 4) is 11.7 Å². The van der Waals surface area contributed by atoms with Gasteiger partial charge in [-0.1, -0.05) is 47.1 Å². The van der Waals surface area contributed by atoms with Crippen molar-refractivity contribution < 1.29 is 9.13 Å². The molecule has 0 aliphatic heterocycles. The Kier molecular flexibility index (Phi) is 9.62. The number of halogens is 1. The Bertz CT molecular complexity index is 711. The van der Waals surface area contributed by atoms with E-state index in [1.807, 2.05) is 26.8 Å². The van der Waals surface area contributed by atoms with Gasteiger partial charge in [0.25, 0.3) is 0 Å². The van der Waals surface area contributed by atoms with E-state index in [9.17, 15) is 4.39 Å². The molecule has 2 heterocycles. The van der Waals surface area contributed by atoms with Crippen molar-refractivity contribution in [2.24, 2.45) is 17.8 Å². The number of hydrogen-bond acceptors (Lipinski definition) is 3. The van der Waals surface area contributed by atoms with Crippen molar-refractivity contribution >= 4 is 0 Å². The zero-order chi connectivity index (χ0) is 21.2. The maximum atomic E-state index is 13.8. The smallest absolute Gasteiger partial charge is 0.233 e. The van der Waals surface area contributed by atoms with Crippen molar-refractivity contribution in [3.05, 3.63) is 35.9 Å². The minimum Gasteiger partial charge on any atom is -0.477 e. The molecule has 0 radical (unpaired) electrons. The lowest BCUT2D eigenvalue weighted by Crippen LogP contribution is -2.11. The van der Waals surface area contributed by atoms with Crippen LogP contribution in [-0.2, 0) is 6.42 Å². The largest absolute Gasteiger partial charge is 0.477 e. The van der Waals surface area contributed by atoms with Crippen molar-refractivity contribution in [1.29, 1.82) is 0 Å². The first-order valence-corrected chi connectivity index (χ1v) is 11.5. The lowest BCUT2D eigenvalue weighted by atomic mass is 9.95. The third-order valence-corrected chi connectivity index (χ3v) is 5.25. The quantitative estimate of drug-likeness (QED) is 0.465. The Balaban J connectivity index is 0.000000551. The molecule has 2 aromatic heterocycles. The molecule has 29 heavy (non-hydrogen) atoms. The van der Waals surface area contributed by atoms with E-state index in [-0.39, 0.29) is 0 Å². The van der Waals surface area contributed by atoms with E-state index >= 15 is 0 Å². The van der Waals surface area contributed by atoms with Crippen molar-refractivity contribution in [3.63, 3.8) is 0 Å². The fraction of sp³-hybridized carbons (Fsp3) is 0.667. The molecule has 0 spiro atoms. The van der Waals surface area contributed by atoms with Gasteiger partial charge in [0.2, 0.25) is 11.8 Å². The number of rotatable bonds is 8. The average Bonchev–Trinajstić information content (AvgIpc) is 3.67. The predicted molar refractivity (Wildman–Crippen MR) is 117 cm³/mol. The second-order valence-electron chi connectivity index (χ2n) is 7.75. The summed E-state index contributed by atoms with van der Waals surface area (Å²) < 4.78 is 21.2. The fourth-order valence-corrected chi connectivity index (χ4v) is 3.56. The van der Waals surface area contributed by atoms with Gasteiger partial charge in [-0.25, -0.2) is 4.68 Å². The molecule has 2 aliphatic carbocycles. The van der Waals surface area contributed by atoms with Crippen LogP contribution in [0.5, 0.6) is 5.88 Å². The Morgan fingerprint density at radius 2 is 1.69 bits per heavy atom. The van der Waals surface area contributed by atoms with Crippen molar-refractivity contribution in [2.75, 3.05) is 6.61 Å². The second-order valence-corrected chi connectivity index (χ2v) is 7.75. The molecule has 2 saturated carbocycles. The molecule has 0 unspecified atom stereocenters. The minimum atomic E-state index is -0.426. The molecule has 2 fully saturated rings. The summed E-state index contributed by atoms with van der Waals surface area (Å²) in [5.41, 5.74) is 0.619. The van der Waals surface area contributed by atoms with Crippen LogP contribution in [0.25, 0.3) is 5.82 Å². The molecule has 0 atom stereocenters. The van der Waals surface area contributed by atoms with Gasteiger partial charge in [-0.3, -0.25) is 0 Å². The zero-order valence-corrected chi connectivity index (χ0v) is 18.8. The van der Waals surface area contributed by atoms with Gasteiger partial charge < -0.3 is 4.74 Å². The molecule has 2 aromatic rings. The molecular formula is C24H38FN3O. The van der Waals surface area contributed by atoms with Crippen LogP contribution in [0.4, 0.5) is 4.39 Å². The Morgan fingerprint density at radius 1 is 1.07 bits per heavy atom. The van der Waals surface area contributed by atoms with Gasteiger partial charge in [-0.05, 0) is 62.3 Å². The fourth-order valence-electron chi connectivity index (χ4n) is 3.56. The number of hydrogen-bond donors (Lipinski definition) is 0. The first kappa shape index (κ1) is 23.4. The van der Waals surface area contributed by atoms with Crippen LogP contribution in [-0.4, -0.2) is 21.4 Å². The number of aromatic nitrogens is 3. The summed E-state index contributed by atoms with van der Waals surface area (Å²) in [6.07, 6.45) is 10.4. The predicted octanol–water partition coefficient (Wildman–Crippen LogP) is 6.62. The van der Waals surface area contributed by atoms with Gasteiger partial charge in [0.15, 0.2) is 5.82 Å². The van der Waals surface area contributed by atoms with Crippen molar-refractivity contribution in [2.45, 2.75) is 79.6 Å². The minimum absolute atomic E-state index is 0.426. The zero-order valence-electron chi connectivity index (χ0n) is 18.8. The van der Waals surface area contributed by atoms with E-state index in [2.05, 4.69) is 23.9 Å². The van der Waals surface area contributed by atoms with Crippen LogP contribution < -0.4 is 4.74 Å². The van der Waals surface area contributed by atoms with Crippen LogP contribution in [0.3, 0.4) is 0 Å². The Hall–Kier alpha value is -1.91. The first-order chi connectivity index (χ1) is 14.2. The highest BCUT2D eigenvalue weighted by Gasteiger charge is 2.40. The number of aryl methyl sites for hydroxylation is 1. The summed E-state index contributed by atoms with van der Waals surface area (Å²) in [4.78, 5) is 3.98. The number of nitrogens with zero attached hydrogens (tertiary/aromatic N) is 3. The van der Waals surface area contributed by atoms with Crippen LogP contribution in [0.2, 0.25) is 0 Å². The monoisotopic (exact) mass is 403 g/mol. The van der Waals surface area contributed by atoms with E-state index in [1.165, 1.54) is 32.1 Å². The third-order valence-electron chi connectivity index (χ3n) is 5.25. The van der Waals surface area contributed by atoms with E-state index in [0.29, 0.717) is 30.3 Å². The molecule has 0 bridgehead atoms.